The molecule has 6 heteroatoms. The Hall–Kier alpha value is -3.18. The highest BCUT2D eigenvalue weighted by atomic mass is 35.5. The third-order valence-corrected chi connectivity index (χ3v) is 4.97. The number of hydrogen-bond acceptors (Lipinski definition) is 3. The minimum Gasteiger partial charge on any atom is -0.489 e. The van der Waals surface area contributed by atoms with E-state index in [1.807, 2.05) is 6.92 Å². The maximum atomic E-state index is 13.8. The van der Waals surface area contributed by atoms with Crippen LogP contribution < -0.4 is 10.4 Å². The van der Waals surface area contributed by atoms with Gasteiger partial charge in [-0.1, -0.05) is 29.8 Å². The number of benzene rings is 3. The minimum absolute atomic E-state index is 0.164. The molecule has 0 aliphatic heterocycles. The average molecular weight is 413 g/mol. The van der Waals surface area contributed by atoms with Crippen molar-refractivity contribution in [2.45, 2.75) is 13.5 Å². The summed E-state index contributed by atoms with van der Waals surface area (Å²) in [6, 6.07) is 15.5. The second kappa shape index (κ2) is 7.68. The molecule has 0 saturated carbocycles. The molecule has 4 rings (SSSR count). The molecule has 0 saturated heterocycles. The smallest absolute Gasteiger partial charge is 0.344 e. The van der Waals surface area contributed by atoms with E-state index in [0.717, 1.165) is 10.9 Å². The molecule has 0 spiro atoms. The van der Waals surface area contributed by atoms with Crippen LogP contribution in [0, 0.1) is 18.6 Å². The first-order chi connectivity index (χ1) is 13.9. The molecule has 0 bridgehead atoms. The summed E-state index contributed by atoms with van der Waals surface area (Å²) in [5.74, 6) is -1.02. The predicted molar refractivity (Wildman–Crippen MR) is 108 cm³/mol. The van der Waals surface area contributed by atoms with Crippen LogP contribution in [0.1, 0.15) is 11.1 Å². The van der Waals surface area contributed by atoms with Crippen molar-refractivity contribution in [2.24, 2.45) is 0 Å². The largest absolute Gasteiger partial charge is 0.489 e. The number of rotatable bonds is 4. The Morgan fingerprint density at radius 3 is 2.38 bits per heavy atom. The molecule has 1 heterocycles. The standard InChI is InChI=1S/C23H15ClF2O3/c1-13-17-10-9-16(28-12-18-19(25)3-2-4-20(18)26)11-21(17)29-23(27)22(13)14-5-7-15(24)8-6-14/h2-11H,12H2,1H3. The molecule has 3 aromatic carbocycles. The van der Waals surface area contributed by atoms with Gasteiger partial charge in [-0.2, -0.15) is 0 Å². The molecule has 0 aliphatic rings. The van der Waals surface area contributed by atoms with Crippen LogP contribution >= 0.6 is 11.6 Å². The summed E-state index contributed by atoms with van der Waals surface area (Å²) in [5.41, 5.74) is 1.59. The Balaban J connectivity index is 1.69. The summed E-state index contributed by atoms with van der Waals surface area (Å²) in [4.78, 5) is 12.6. The van der Waals surface area contributed by atoms with Gasteiger partial charge in [-0.3, -0.25) is 0 Å². The summed E-state index contributed by atoms with van der Waals surface area (Å²) in [7, 11) is 0. The first kappa shape index (κ1) is 19.2. The first-order valence-corrected chi connectivity index (χ1v) is 9.21. The molecule has 29 heavy (non-hydrogen) atoms. The van der Waals surface area contributed by atoms with Gasteiger partial charge in [-0.05, 0) is 54.4 Å². The van der Waals surface area contributed by atoms with Gasteiger partial charge in [0.05, 0.1) is 11.1 Å². The highest BCUT2D eigenvalue weighted by molar-refractivity contribution is 6.30. The van der Waals surface area contributed by atoms with Crippen LogP contribution in [0.15, 0.2) is 69.9 Å². The van der Waals surface area contributed by atoms with Crippen molar-refractivity contribution in [1.82, 2.24) is 0 Å². The molecule has 0 atom stereocenters. The number of fused-ring (bicyclic) bond motifs is 1. The Morgan fingerprint density at radius 2 is 1.69 bits per heavy atom. The first-order valence-electron chi connectivity index (χ1n) is 8.83. The summed E-state index contributed by atoms with van der Waals surface area (Å²) < 4.78 is 38.5. The molecular weight excluding hydrogens is 398 g/mol. The van der Waals surface area contributed by atoms with Gasteiger partial charge in [0.2, 0.25) is 0 Å². The van der Waals surface area contributed by atoms with Gasteiger partial charge in [0.25, 0.3) is 0 Å². The molecule has 0 unspecified atom stereocenters. The zero-order chi connectivity index (χ0) is 20.5. The lowest BCUT2D eigenvalue weighted by Crippen LogP contribution is -2.06. The van der Waals surface area contributed by atoms with E-state index in [1.54, 1.807) is 36.4 Å². The quantitative estimate of drug-likeness (QED) is 0.370. The van der Waals surface area contributed by atoms with Crippen molar-refractivity contribution in [1.29, 1.82) is 0 Å². The Kier molecular flexibility index (Phi) is 5.07. The van der Waals surface area contributed by atoms with Crippen LogP contribution in [0.3, 0.4) is 0 Å². The van der Waals surface area contributed by atoms with Crippen LogP contribution in [-0.2, 0) is 6.61 Å². The molecule has 0 amide bonds. The zero-order valence-corrected chi connectivity index (χ0v) is 16.1. The van der Waals surface area contributed by atoms with Crippen LogP contribution in [0.25, 0.3) is 22.1 Å². The van der Waals surface area contributed by atoms with Gasteiger partial charge in [0.1, 0.15) is 29.6 Å². The highest BCUT2D eigenvalue weighted by Crippen LogP contribution is 2.30. The maximum absolute atomic E-state index is 13.8. The summed E-state index contributed by atoms with van der Waals surface area (Å²) >= 11 is 5.92. The van der Waals surface area contributed by atoms with Crippen LogP contribution in [0.4, 0.5) is 8.78 Å². The summed E-state index contributed by atoms with van der Waals surface area (Å²) in [5, 5.41) is 1.31. The summed E-state index contributed by atoms with van der Waals surface area (Å²) in [6.07, 6.45) is 0. The molecule has 4 aromatic rings. The normalized spacial score (nSPS) is 11.0. The fourth-order valence-corrected chi connectivity index (χ4v) is 3.33. The van der Waals surface area contributed by atoms with E-state index in [9.17, 15) is 13.6 Å². The Bertz CT molecular complexity index is 1240. The second-order valence-corrected chi connectivity index (χ2v) is 6.98. The molecule has 0 fully saturated rings. The van der Waals surface area contributed by atoms with Crippen LogP contribution in [0.2, 0.25) is 5.02 Å². The van der Waals surface area contributed by atoms with Gasteiger partial charge in [0.15, 0.2) is 0 Å². The van der Waals surface area contributed by atoms with Gasteiger partial charge in [-0.25, -0.2) is 13.6 Å². The van der Waals surface area contributed by atoms with E-state index in [4.69, 9.17) is 20.8 Å². The number of ether oxygens (including phenoxy) is 1. The maximum Gasteiger partial charge on any atom is 0.344 e. The SMILES string of the molecule is Cc1c(-c2ccc(Cl)cc2)c(=O)oc2cc(OCc3c(F)cccc3F)ccc12. The summed E-state index contributed by atoms with van der Waals surface area (Å²) in [6.45, 7) is 1.55. The van der Waals surface area contributed by atoms with E-state index in [0.29, 0.717) is 27.5 Å². The number of hydrogen-bond donors (Lipinski definition) is 0. The van der Waals surface area contributed by atoms with E-state index in [2.05, 4.69) is 0 Å². The Morgan fingerprint density at radius 1 is 1.00 bits per heavy atom. The predicted octanol–water partition coefficient (Wildman–Crippen LogP) is 6.28. The third-order valence-electron chi connectivity index (χ3n) is 4.72. The van der Waals surface area contributed by atoms with Crippen molar-refractivity contribution in [3.05, 3.63) is 98.9 Å². The fourth-order valence-electron chi connectivity index (χ4n) is 3.20. The van der Waals surface area contributed by atoms with Gasteiger partial charge in [-0.15, -0.1) is 0 Å². The van der Waals surface area contributed by atoms with Crippen molar-refractivity contribution in [3.63, 3.8) is 0 Å². The van der Waals surface area contributed by atoms with Gasteiger partial charge >= 0.3 is 5.63 Å². The van der Waals surface area contributed by atoms with Crippen molar-refractivity contribution in [2.75, 3.05) is 0 Å². The second-order valence-electron chi connectivity index (χ2n) is 6.54. The van der Waals surface area contributed by atoms with Crippen LogP contribution in [-0.4, -0.2) is 0 Å². The lowest BCUT2D eigenvalue weighted by atomic mass is 10.00. The van der Waals surface area contributed by atoms with Crippen molar-refractivity contribution < 1.29 is 17.9 Å². The van der Waals surface area contributed by atoms with E-state index in [-0.39, 0.29) is 12.2 Å². The number of aryl methyl sites for hydroxylation is 1. The lowest BCUT2D eigenvalue weighted by molar-refractivity contribution is 0.292. The molecule has 0 aliphatic carbocycles. The van der Waals surface area contributed by atoms with Crippen molar-refractivity contribution >= 4 is 22.6 Å². The Labute approximate surface area is 170 Å². The monoisotopic (exact) mass is 412 g/mol. The van der Waals surface area contributed by atoms with E-state index >= 15 is 0 Å². The highest BCUT2D eigenvalue weighted by Gasteiger charge is 2.15. The average Bonchev–Trinajstić information content (AvgIpc) is 2.69. The number of halogens is 3. The molecular formula is C23H15ClF2O3. The molecule has 146 valence electrons. The van der Waals surface area contributed by atoms with Crippen molar-refractivity contribution in [3.8, 4) is 16.9 Å². The minimum atomic E-state index is -0.680. The molecule has 1 aromatic heterocycles. The van der Waals surface area contributed by atoms with Gasteiger partial charge < -0.3 is 9.15 Å². The van der Waals surface area contributed by atoms with Crippen LogP contribution in [0.5, 0.6) is 5.75 Å². The lowest BCUT2D eigenvalue weighted by Gasteiger charge is -2.11. The molecule has 0 radical (unpaired) electrons. The topological polar surface area (TPSA) is 39.4 Å². The fraction of sp³-hybridized carbons (Fsp3) is 0.0870. The molecule has 0 N–H and O–H groups in total. The molecule has 3 nitrogen and oxygen atoms in total. The van der Waals surface area contributed by atoms with E-state index < -0.39 is 17.3 Å². The van der Waals surface area contributed by atoms with Gasteiger partial charge in [0, 0.05) is 16.5 Å². The zero-order valence-electron chi connectivity index (χ0n) is 15.3. The van der Waals surface area contributed by atoms with E-state index in [1.165, 1.54) is 24.3 Å². The third kappa shape index (κ3) is 3.74.